The molecule has 1 atom stereocenters. The summed E-state index contributed by atoms with van der Waals surface area (Å²) in [5, 5.41) is 19.2. The van der Waals surface area contributed by atoms with Crippen LogP contribution in [0.25, 0.3) is 24.0 Å². The third kappa shape index (κ3) is 8.62. The summed E-state index contributed by atoms with van der Waals surface area (Å²) in [6, 6.07) is 17.0. The first-order chi connectivity index (χ1) is 22.7. The predicted molar refractivity (Wildman–Crippen MR) is 193 cm³/mol. The quantitative estimate of drug-likeness (QED) is 0.147. The molecule has 3 aromatic carbocycles. The number of nitrogens with one attached hydrogen (secondary N) is 2. The van der Waals surface area contributed by atoms with E-state index in [-0.39, 0.29) is 34.6 Å². The van der Waals surface area contributed by atoms with Crippen LogP contribution >= 0.6 is 23.2 Å². The number of rotatable bonds is 10. The Balaban J connectivity index is 0.00000255. The summed E-state index contributed by atoms with van der Waals surface area (Å²) in [6.07, 6.45) is 4.04. The van der Waals surface area contributed by atoms with Crippen LogP contribution in [-0.4, -0.2) is 28.6 Å². The third-order valence-corrected chi connectivity index (χ3v) is 8.78. The first-order valence-corrected chi connectivity index (χ1v) is 17.0. The molecular weight excluding hydrogens is 651 g/mol. The largest absolute Gasteiger partial charge is 0.388 e. The van der Waals surface area contributed by atoms with Crippen molar-refractivity contribution in [2.45, 2.75) is 77.9 Å². The maximum atomic E-state index is 15.4. The summed E-state index contributed by atoms with van der Waals surface area (Å²) < 4.78 is 29.6. The lowest BCUT2D eigenvalue weighted by atomic mass is 9.82. The fraction of sp³-hybridized carbons (Fsp3) is 0.333. The number of carbonyl (C=O) groups excluding carboxylic acids is 1. The average Bonchev–Trinajstić information content (AvgIpc) is 3.88. The molecule has 1 heterocycles. The molecule has 0 saturated heterocycles. The Morgan fingerprint density at radius 1 is 1.04 bits per heavy atom. The summed E-state index contributed by atoms with van der Waals surface area (Å²) in [6.45, 7) is 15.3. The molecule has 1 amide bonds. The molecule has 1 aliphatic carbocycles. The number of hydrogen-bond donors (Lipinski definition) is 3. The molecule has 0 aliphatic heterocycles. The number of carbonyl (C=O) groups is 1. The molecule has 1 aliphatic rings. The van der Waals surface area contributed by atoms with Crippen molar-refractivity contribution in [1.29, 1.82) is 0 Å². The highest BCUT2D eigenvalue weighted by Crippen LogP contribution is 2.40. The molecule has 48 heavy (non-hydrogen) atoms. The van der Waals surface area contributed by atoms with Crippen LogP contribution in [0.15, 0.2) is 60.7 Å². The number of halogens is 4. The van der Waals surface area contributed by atoms with E-state index in [1.165, 1.54) is 6.07 Å². The SMILES string of the molecule is C=c1c(Cl)cc(C(=O)NCC(c2ccccc2)c2cc(C(C)(C)O)c(C(C)C)c(-c3cc(Cl)c(F)cc3F)n2)c/c1=C/NC1CC1.CC. The smallest absolute Gasteiger partial charge is 0.251 e. The monoisotopic (exact) mass is 693 g/mol. The lowest BCUT2D eigenvalue weighted by Gasteiger charge is -2.29. The van der Waals surface area contributed by atoms with Crippen molar-refractivity contribution in [3.63, 3.8) is 0 Å². The maximum absolute atomic E-state index is 15.4. The standard InChI is InChI=1S/C37H37Cl2F2N3O2.C2H6/c1-20(2)34-28(37(4,5)46)16-33(44-35(34)26-15-30(39)32(41)17-31(26)40)27(22-9-7-6-8-10-22)19-43-36(45)23-13-24(18-42-25-11-12-25)21(3)29(38)14-23;1-2/h6-10,13-18,20,25,27,42,46H,3,11-12,19H2,1-2,4-5H3,(H,43,45);1-2H3/b24-18-;. The molecule has 0 spiro atoms. The van der Waals surface area contributed by atoms with Gasteiger partial charge in [-0.1, -0.05) is 87.8 Å². The van der Waals surface area contributed by atoms with E-state index in [9.17, 15) is 14.3 Å². The number of hydrogen-bond acceptors (Lipinski definition) is 4. The zero-order chi connectivity index (χ0) is 35.3. The van der Waals surface area contributed by atoms with Gasteiger partial charge in [0.2, 0.25) is 0 Å². The molecular formula is C39H43Cl2F2N3O2. The molecule has 1 unspecified atom stereocenters. The fourth-order valence-electron chi connectivity index (χ4n) is 5.50. The average molecular weight is 695 g/mol. The number of amides is 1. The van der Waals surface area contributed by atoms with E-state index in [2.05, 4.69) is 17.2 Å². The van der Waals surface area contributed by atoms with Crippen molar-refractivity contribution < 1.29 is 18.7 Å². The zero-order valence-corrected chi connectivity index (χ0v) is 29.7. The van der Waals surface area contributed by atoms with Gasteiger partial charge in [0.15, 0.2) is 0 Å². The van der Waals surface area contributed by atoms with Crippen LogP contribution in [-0.2, 0) is 5.60 Å². The Kier molecular flexibility index (Phi) is 12.1. The Morgan fingerprint density at radius 2 is 1.71 bits per heavy atom. The van der Waals surface area contributed by atoms with Crippen molar-refractivity contribution in [2.75, 3.05) is 6.54 Å². The highest BCUT2D eigenvalue weighted by Gasteiger charge is 2.30. The predicted octanol–water partition coefficient (Wildman–Crippen LogP) is 8.17. The molecule has 1 fully saturated rings. The van der Waals surface area contributed by atoms with Gasteiger partial charge in [0.05, 0.1) is 22.0 Å². The van der Waals surface area contributed by atoms with Crippen molar-refractivity contribution >= 4 is 41.9 Å². The first kappa shape index (κ1) is 37.0. The molecule has 1 saturated carbocycles. The van der Waals surface area contributed by atoms with Crippen molar-refractivity contribution in [2.24, 2.45) is 0 Å². The summed E-state index contributed by atoms with van der Waals surface area (Å²) in [5.74, 6) is -2.74. The van der Waals surface area contributed by atoms with Gasteiger partial charge in [0.1, 0.15) is 11.6 Å². The van der Waals surface area contributed by atoms with E-state index in [0.717, 1.165) is 29.7 Å². The topological polar surface area (TPSA) is 74.2 Å². The van der Waals surface area contributed by atoms with Gasteiger partial charge in [-0.3, -0.25) is 9.78 Å². The number of aromatic nitrogens is 1. The Hall–Kier alpha value is -3.78. The molecule has 0 radical (unpaired) electrons. The number of benzene rings is 3. The molecule has 0 bridgehead atoms. The summed E-state index contributed by atoms with van der Waals surface area (Å²) >= 11 is 12.6. The Labute approximate surface area is 291 Å². The van der Waals surface area contributed by atoms with Gasteiger partial charge >= 0.3 is 0 Å². The van der Waals surface area contributed by atoms with Gasteiger partial charge in [-0.05, 0) is 84.0 Å². The highest BCUT2D eigenvalue weighted by molar-refractivity contribution is 6.31. The van der Waals surface area contributed by atoms with E-state index in [0.29, 0.717) is 38.7 Å². The van der Waals surface area contributed by atoms with Crippen LogP contribution in [0, 0.1) is 11.6 Å². The van der Waals surface area contributed by atoms with Crippen molar-refractivity contribution in [3.05, 3.63) is 121 Å². The van der Waals surface area contributed by atoms with Gasteiger partial charge in [-0.15, -0.1) is 0 Å². The molecule has 1 aromatic heterocycles. The van der Waals surface area contributed by atoms with E-state index in [1.807, 2.05) is 64.2 Å². The van der Waals surface area contributed by atoms with Crippen LogP contribution < -0.4 is 21.1 Å². The van der Waals surface area contributed by atoms with E-state index >= 15 is 4.39 Å². The Morgan fingerprint density at radius 3 is 2.31 bits per heavy atom. The second-order valence-corrected chi connectivity index (χ2v) is 13.4. The van der Waals surface area contributed by atoms with Crippen LogP contribution in [0.4, 0.5) is 8.78 Å². The fourth-order valence-corrected chi connectivity index (χ4v) is 5.89. The van der Waals surface area contributed by atoms with E-state index in [1.54, 1.807) is 32.0 Å². The summed E-state index contributed by atoms with van der Waals surface area (Å²) in [5.41, 5.74) is 1.77. The maximum Gasteiger partial charge on any atom is 0.251 e. The zero-order valence-electron chi connectivity index (χ0n) is 28.2. The first-order valence-electron chi connectivity index (χ1n) is 16.2. The highest BCUT2D eigenvalue weighted by atomic mass is 35.5. The molecule has 5 nitrogen and oxygen atoms in total. The molecule has 5 rings (SSSR count). The van der Waals surface area contributed by atoms with Gasteiger partial charge < -0.3 is 15.7 Å². The lowest BCUT2D eigenvalue weighted by molar-refractivity contribution is 0.0771. The minimum absolute atomic E-state index is 0.0183. The van der Waals surface area contributed by atoms with Gasteiger partial charge in [0.25, 0.3) is 5.91 Å². The van der Waals surface area contributed by atoms with E-state index in [4.69, 9.17) is 28.2 Å². The van der Waals surface area contributed by atoms with Crippen LogP contribution in [0.1, 0.15) is 99.0 Å². The van der Waals surface area contributed by atoms with Crippen LogP contribution in [0.5, 0.6) is 0 Å². The van der Waals surface area contributed by atoms with Crippen molar-refractivity contribution in [1.82, 2.24) is 15.6 Å². The van der Waals surface area contributed by atoms with Crippen LogP contribution in [0.3, 0.4) is 0 Å². The van der Waals surface area contributed by atoms with Gasteiger partial charge in [-0.25, -0.2) is 8.78 Å². The number of pyridine rings is 1. The number of nitrogens with zero attached hydrogens (tertiary/aromatic N) is 1. The van der Waals surface area contributed by atoms with Gasteiger partial charge in [-0.2, -0.15) is 0 Å². The molecule has 9 heteroatoms. The second kappa shape index (κ2) is 15.6. The molecule has 3 N–H and O–H groups in total. The molecule has 254 valence electrons. The second-order valence-electron chi connectivity index (χ2n) is 12.6. The van der Waals surface area contributed by atoms with E-state index < -0.39 is 23.2 Å². The number of aliphatic hydroxyl groups is 1. The summed E-state index contributed by atoms with van der Waals surface area (Å²) in [4.78, 5) is 18.5. The minimum Gasteiger partial charge on any atom is -0.388 e. The minimum atomic E-state index is -1.34. The van der Waals surface area contributed by atoms with Gasteiger partial charge in [0, 0.05) is 46.9 Å². The lowest BCUT2D eigenvalue weighted by Crippen LogP contribution is -2.33. The molecule has 4 aromatic rings. The normalized spacial score (nSPS) is 14.0. The third-order valence-electron chi connectivity index (χ3n) is 8.15. The summed E-state index contributed by atoms with van der Waals surface area (Å²) in [7, 11) is 0. The van der Waals surface area contributed by atoms with Crippen molar-refractivity contribution in [3.8, 4) is 11.3 Å². The van der Waals surface area contributed by atoms with Crippen LogP contribution in [0.2, 0.25) is 10.0 Å². The Bertz CT molecular complexity index is 1890.